The smallest absolute Gasteiger partial charge is 0.309 e. The highest BCUT2D eigenvalue weighted by Crippen LogP contribution is 2.18. The van der Waals surface area contributed by atoms with E-state index in [4.69, 9.17) is 0 Å². The molecule has 110 valence electrons. The standard InChI is InChI=1S/C15H18N4O2/c1-16-14(20)15(21)17-9-7-11-3-5-12(6-4-11)13-8-10-18-19(13)2/h3-6,8,10H,7,9H2,1-2H3,(H,16,20)(H,17,21). The van der Waals surface area contributed by atoms with Crippen molar-refractivity contribution in [1.29, 1.82) is 0 Å². The van der Waals surface area contributed by atoms with Crippen LogP contribution in [0.3, 0.4) is 0 Å². The lowest BCUT2D eigenvalue weighted by Gasteiger charge is -2.06. The third kappa shape index (κ3) is 3.68. The summed E-state index contributed by atoms with van der Waals surface area (Å²) in [5.74, 6) is -1.23. The maximum absolute atomic E-state index is 11.3. The van der Waals surface area contributed by atoms with Crippen LogP contribution < -0.4 is 10.6 Å². The molecule has 0 bridgehead atoms. The molecule has 21 heavy (non-hydrogen) atoms. The van der Waals surface area contributed by atoms with Gasteiger partial charge in [0.15, 0.2) is 0 Å². The summed E-state index contributed by atoms with van der Waals surface area (Å²) in [6, 6.07) is 10.0. The van der Waals surface area contributed by atoms with Gasteiger partial charge in [-0.25, -0.2) is 0 Å². The van der Waals surface area contributed by atoms with E-state index in [0.29, 0.717) is 13.0 Å². The maximum Gasteiger partial charge on any atom is 0.309 e. The Morgan fingerprint density at radius 2 is 1.86 bits per heavy atom. The first kappa shape index (κ1) is 14.8. The molecule has 0 radical (unpaired) electrons. The van der Waals surface area contributed by atoms with Gasteiger partial charge in [0.1, 0.15) is 0 Å². The molecule has 0 aliphatic carbocycles. The molecule has 1 aromatic heterocycles. The van der Waals surface area contributed by atoms with Gasteiger partial charge in [0.2, 0.25) is 0 Å². The topological polar surface area (TPSA) is 76.0 Å². The molecular formula is C15H18N4O2. The van der Waals surface area contributed by atoms with Crippen LogP contribution in [0, 0.1) is 0 Å². The molecule has 0 spiro atoms. The quantitative estimate of drug-likeness (QED) is 0.803. The van der Waals surface area contributed by atoms with Crippen molar-refractivity contribution in [3.63, 3.8) is 0 Å². The maximum atomic E-state index is 11.3. The Balaban J connectivity index is 1.90. The molecule has 0 aliphatic heterocycles. The highest BCUT2D eigenvalue weighted by atomic mass is 16.2. The van der Waals surface area contributed by atoms with E-state index >= 15 is 0 Å². The highest BCUT2D eigenvalue weighted by Gasteiger charge is 2.09. The van der Waals surface area contributed by atoms with Crippen molar-refractivity contribution >= 4 is 11.8 Å². The Bertz CT molecular complexity index is 631. The summed E-state index contributed by atoms with van der Waals surface area (Å²) in [6.07, 6.45) is 2.44. The zero-order valence-electron chi connectivity index (χ0n) is 12.1. The number of hydrogen-bond acceptors (Lipinski definition) is 3. The molecule has 0 saturated carbocycles. The Morgan fingerprint density at radius 1 is 1.14 bits per heavy atom. The molecule has 0 aliphatic rings. The number of hydrogen-bond donors (Lipinski definition) is 2. The van der Waals surface area contributed by atoms with E-state index < -0.39 is 11.8 Å². The van der Waals surface area contributed by atoms with Gasteiger partial charge in [-0.2, -0.15) is 5.10 Å². The number of nitrogens with zero attached hydrogens (tertiary/aromatic N) is 2. The zero-order valence-corrected chi connectivity index (χ0v) is 12.1. The average molecular weight is 286 g/mol. The Kier molecular flexibility index (Phi) is 4.71. The van der Waals surface area contributed by atoms with Crippen molar-refractivity contribution in [1.82, 2.24) is 20.4 Å². The van der Waals surface area contributed by atoms with Crippen LogP contribution in [0.4, 0.5) is 0 Å². The monoisotopic (exact) mass is 286 g/mol. The second kappa shape index (κ2) is 6.69. The zero-order chi connectivity index (χ0) is 15.2. The lowest BCUT2D eigenvalue weighted by molar-refractivity contribution is -0.138. The summed E-state index contributed by atoms with van der Waals surface area (Å²) < 4.78 is 1.82. The van der Waals surface area contributed by atoms with Crippen molar-refractivity contribution in [3.8, 4) is 11.3 Å². The van der Waals surface area contributed by atoms with E-state index in [1.165, 1.54) is 7.05 Å². The first-order chi connectivity index (χ1) is 10.1. The number of aryl methyl sites for hydroxylation is 1. The third-order valence-corrected chi connectivity index (χ3v) is 3.20. The summed E-state index contributed by atoms with van der Waals surface area (Å²) in [6.45, 7) is 0.428. The van der Waals surface area contributed by atoms with E-state index in [1.807, 2.05) is 42.1 Å². The van der Waals surface area contributed by atoms with Crippen molar-refractivity contribution in [2.24, 2.45) is 7.05 Å². The Morgan fingerprint density at radius 3 is 2.43 bits per heavy atom. The Hall–Kier alpha value is -2.63. The SMILES string of the molecule is CNC(=O)C(=O)NCCc1ccc(-c2ccnn2C)cc1. The number of carbonyl (C=O) groups excluding carboxylic acids is 2. The number of likely N-dealkylation sites (N-methyl/N-ethyl adjacent to an activating group) is 1. The third-order valence-electron chi connectivity index (χ3n) is 3.20. The van der Waals surface area contributed by atoms with Gasteiger partial charge in [-0.15, -0.1) is 0 Å². The van der Waals surface area contributed by atoms with Gasteiger partial charge in [-0.1, -0.05) is 24.3 Å². The van der Waals surface area contributed by atoms with Crippen molar-refractivity contribution < 1.29 is 9.59 Å². The number of carbonyl (C=O) groups is 2. The van der Waals surface area contributed by atoms with Gasteiger partial charge < -0.3 is 10.6 Å². The second-order valence-electron chi connectivity index (χ2n) is 4.62. The van der Waals surface area contributed by atoms with Gasteiger partial charge in [0, 0.05) is 26.8 Å². The largest absolute Gasteiger partial charge is 0.351 e. The number of nitrogens with one attached hydrogen (secondary N) is 2. The van der Waals surface area contributed by atoms with E-state index in [-0.39, 0.29) is 0 Å². The average Bonchev–Trinajstić information content (AvgIpc) is 2.93. The molecule has 2 rings (SSSR count). The van der Waals surface area contributed by atoms with Crippen LogP contribution >= 0.6 is 0 Å². The summed E-state index contributed by atoms with van der Waals surface area (Å²) in [4.78, 5) is 22.3. The van der Waals surface area contributed by atoms with Gasteiger partial charge in [0.25, 0.3) is 0 Å². The van der Waals surface area contributed by atoms with Crippen LogP contribution in [-0.4, -0.2) is 35.2 Å². The second-order valence-corrected chi connectivity index (χ2v) is 4.62. The molecule has 2 N–H and O–H groups in total. The van der Waals surface area contributed by atoms with Crippen LogP contribution in [0.5, 0.6) is 0 Å². The van der Waals surface area contributed by atoms with E-state index in [0.717, 1.165) is 16.8 Å². The summed E-state index contributed by atoms with van der Waals surface area (Å²) >= 11 is 0. The van der Waals surface area contributed by atoms with Crippen LogP contribution in [-0.2, 0) is 23.1 Å². The molecule has 0 atom stereocenters. The first-order valence-corrected chi connectivity index (χ1v) is 6.69. The molecule has 0 unspecified atom stereocenters. The Labute approximate surface area is 123 Å². The molecule has 6 heteroatoms. The minimum atomic E-state index is -0.624. The lowest BCUT2D eigenvalue weighted by Crippen LogP contribution is -2.38. The van der Waals surface area contributed by atoms with Gasteiger partial charge in [0.05, 0.1) is 5.69 Å². The van der Waals surface area contributed by atoms with Crippen LogP contribution in [0.1, 0.15) is 5.56 Å². The van der Waals surface area contributed by atoms with E-state index in [1.54, 1.807) is 6.20 Å². The number of rotatable bonds is 4. The fraction of sp³-hybridized carbons (Fsp3) is 0.267. The van der Waals surface area contributed by atoms with Crippen molar-refractivity contribution in [2.45, 2.75) is 6.42 Å². The van der Waals surface area contributed by atoms with Gasteiger partial charge >= 0.3 is 11.8 Å². The van der Waals surface area contributed by atoms with E-state index in [9.17, 15) is 9.59 Å². The molecular weight excluding hydrogens is 268 g/mol. The molecule has 6 nitrogen and oxygen atoms in total. The number of benzene rings is 1. The molecule has 2 amide bonds. The van der Waals surface area contributed by atoms with Crippen molar-refractivity contribution in [2.75, 3.05) is 13.6 Å². The lowest BCUT2D eigenvalue weighted by atomic mass is 10.1. The van der Waals surface area contributed by atoms with Crippen LogP contribution in [0.25, 0.3) is 11.3 Å². The normalized spacial score (nSPS) is 10.2. The summed E-state index contributed by atoms with van der Waals surface area (Å²) in [5.41, 5.74) is 3.24. The predicted octanol–water partition coefficient (Wildman–Crippen LogP) is 0.492. The minimum absolute atomic E-state index is 0.428. The molecule has 0 saturated heterocycles. The van der Waals surface area contributed by atoms with Crippen LogP contribution in [0.15, 0.2) is 36.5 Å². The summed E-state index contributed by atoms with van der Waals surface area (Å²) in [5, 5.41) is 8.99. The molecule has 2 aromatic rings. The van der Waals surface area contributed by atoms with Crippen molar-refractivity contribution in [3.05, 3.63) is 42.1 Å². The van der Waals surface area contributed by atoms with Gasteiger partial charge in [-0.05, 0) is 23.6 Å². The fourth-order valence-electron chi connectivity index (χ4n) is 2.01. The van der Waals surface area contributed by atoms with E-state index in [2.05, 4.69) is 15.7 Å². The molecule has 1 heterocycles. The molecule has 0 fully saturated rings. The number of aromatic nitrogens is 2. The predicted molar refractivity (Wildman–Crippen MR) is 79.4 cm³/mol. The fourth-order valence-corrected chi connectivity index (χ4v) is 2.01. The number of amides is 2. The minimum Gasteiger partial charge on any atom is -0.351 e. The van der Waals surface area contributed by atoms with Crippen LogP contribution in [0.2, 0.25) is 0 Å². The van der Waals surface area contributed by atoms with Gasteiger partial charge in [-0.3, -0.25) is 14.3 Å². The highest BCUT2D eigenvalue weighted by molar-refractivity contribution is 6.34. The summed E-state index contributed by atoms with van der Waals surface area (Å²) in [7, 11) is 3.33. The first-order valence-electron chi connectivity index (χ1n) is 6.69. The molecule has 1 aromatic carbocycles.